The van der Waals surface area contributed by atoms with E-state index in [9.17, 15) is 4.79 Å². The maximum atomic E-state index is 12.4. The molecule has 0 radical (unpaired) electrons. The van der Waals surface area contributed by atoms with Gasteiger partial charge in [0.2, 0.25) is 0 Å². The van der Waals surface area contributed by atoms with Crippen molar-refractivity contribution in [2.75, 3.05) is 36.5 Å². The Hall–Kier alpha value is -2.96. The van der Waals surface area contributed by atoms with Gasteiger partial charge in [0.05, 0.1) is 18.9 Å². The van der Waals surface area contributed by atoms with Crippen LogP contribution in [0.15, 0.2) is 60.9 Å². The van der Waals surface area contributed by atoms with Crippen molar-refractivity contribution < 1.29 is 9.53 Å². The molecular weight excluding hydrogens is 376 g/mol. The monoisotopic (exact) mass is 394 g/mol. The molecule has 4 rings (SSSR count). The largest absolute Gasteiger partial charge is 0.378 e. The molecule has 0 spiro atoms. The Morgan fingerprint density at radius 3 is 2.57 bits per heavy atom. The van der Waals surface area contributed by atoms with Crippen molar-refractivity contribution in [3.63, 3.8) is 0 Å². The zero-order valence-electron chi connectivity index (χ0n) is 15.1. The number of hydrogen-bond donors (Lipinski definition) is 1. The second kappa shape index (κ2) is 8.37. The Morgan fingerprint density at radius 1 is 1.04 bits per heavy atom. The molecule has 2 aromatic carbocycles. The Kier molecular flexibility index (Phi) is 5.50. The molecule has 6 nitrogen and oxygen atoms in total. The van der Waals surface area contributed by atoms with Crippen LogP contribution in [0.5, 0.6) is 0 Å². The highest BCUT2D eigenvalue weighted by Crippen LogP contribution is 2.22. The summed E-state index contributed by atoms with van der Waals surface area (Å²) in [5.74, 6) is 0.696. The lowest BCUT2D eigenvalue weighted by atomic mass is 10.1. The molecule has 1 aliphatic heterocycles. The summed E-state index contributed by atoms with van der Waals surface area (Å²) in [6, 6.07) is 16.4. The second-order valence-electron chi connectivity index (χ2n) is 6.40. The standard InChI is InChI=1S/C21H19ClN4O2/c22-17-2-1-3-18(12-17)25-21(27)16-6-4-15(5-7-16)19-13-20(24-14-23-19)26-8-10-28-11-9-26/h1-7,12-14H,8-11H2,(H,25,27). The number of carbonyl (C=O) groups is 1. The summed E-state index contributed by atoms with van der Waals surface area (Å²) < 4.78 is 5.39. The average Bonchev–Trinajstić information content (AvgIpc) is 2.75. The van der Waals surface area contributed by atoms with Crippen LogP contribution in [0.1, 0.15) is 10.4 Å². The number of benzene rings is 2. The molecule has 1 aromatic heterocycles. The SMILES string of the molecule is O=C(Nc1cccc(Cl)c1)c1ccc(-c2cc(N3CCOCC3)ncn2)cc1. The third-order valence-corrected chi connectivity index (χ3v) is 4.75. The summed E-state index contributed by atoms with van der Waals surface area (Å²) in [5, 5.41) is 3.42. The minimum atomic E-state index is -0.189. The number of aromatic nitrogens is 2. The molecule has 3 aromatic rings. The number of nitrogens with zero attached hydrogens (tertiary/aromatic N) is 3. The van der Waals surface area contributed by atoms with Crippen molar-refractivity contribution in [1.82, 2.24) is 9.97 Å². The lowest BCUT2D eigenvalue weighted by Crippen LogP contribution is -2.36. The molecule has 1 aliphatic rings. The normalized spacial score (nSPS) is 14.0. The van der Waals surface area contributed by atoms with E-state index in [0.29, 0.717) is 29.5 Å². The first-order valence-corrected chi connectivity index (χ1v) is 9.39. The number of morpholine rings is 1. The van der Waals surface area contributed by atoms with Gasteiger partial charge in [-0.1, -0.05) is 29.8 Å². The van der Waals surface area contributed by atoms with Gasteiger partial charge < -0.3 is 15.0 Å². The number of nitrogens with one attached hydrogen (secondary N) is 1. The predicted molar refractivity (Wildman–Crippen MR) is 110 cm³/mol. The predicted octanol–water partition coefficient (Wildman–Crippen LogP) is 3.89. The van der Waals surface area contributed by atoms with E-state index in [1.54, 1.807) is 42.7 Å². The van der Waals surface area contributed by atoms with E-state index in [1.807, 2.05) is 18.2 Å². The van der Waals surface area contributed by atoms with E-state index in [1.165, 1.54) is 0 Å². The number of halogens is 1. The second-order valence-corrected chi connectivity index (χ2v) is 6.84. The van der Waals surface area contributed by atoms with Crippen molar-refractivity contribution in [2.24, 2.45) is 0 Å². The smallest absolute Gasteiger partial charge is 0.255 e. The quantitative estimate of drug-likeness (QED) is 0.727. The number of carbonyl (C=O) groups excluding carboxylic acids is 1. The number of ether oxygens (including phenoxy) is 1. The van der Waals surface area contributed by atoms with Crippen LogP contribution >= 0.6 is 11.6 Å². The van der Waals surface area contributed by atoms with Gasteiger partial charge in [0, 0.05) is 41.0 Å². The van der Waals surface area contributed by atoms with Gasteiger partial charge in [0.25, 0.3) is 5.91 Å². The van der Waals surface area contributed by atoms with Gasteiger partial charge in [-0.15, -0.1) is 0 Å². The Labute approximate surface area is 168 Å². The molecular formula is C21H19ClN4O2. The highest BCUT2D eigenvalue weighted by atomic mass is 35.5. The third-order valence-electron chi connectivity index (χ3n) is 4.51. The van der Waals surface area contributed by atoms with E-state index >= 15 is 0 Å². The summed E-state index contributed by atoms with van der Waals surface area (Å²) in [6.45, 7) is 3.05. The van der Waals surface area contributed by atoms with Crippen LogP contribution in [0.2, 0.25) is 5.02 Å². The average molecular weight is 395 g/mol. The number of amides is 1. The molecule has 0 atom stereocenters. The molecule has 1 fully saturated rings. The van der Waals surface area contributed by atoms with Gasteiger partial charge >= 0.3 is 0 Å². The molecule has 1 saturated heterocycles. The lowest BCUT2D eigenvalue weighted by molar-refractivity contribution is 0.102. The fourth-order valence-corrected chi connectivity index (χ4v) is 3.22. The van der Waals surface area contributed by atoms with Gasteiger partial charge in [0.1, 0.15) is 12.1 Å². The van der Waals surface area contributed by atoms with E-state index < -0.39 is 0 Å². The number of hydrogen-bond acceptors (Lipinski definition) is 5. The van der Waals surface area contributed by atoms with E-state index in [2.05, 4.69) is 20.2 Å². The summed E-state index contributed by atoms with van der Waals surface area (Å²) >= 11 is 5.96. The first-order chi connectivity index (χ1) is 13.7. The highest BCUT2D eigenvalue weighted by molar-refractivity contribution is 6.31. The van der Waals surface area contributed by atoms with Crippen molar-refractivity contribution >= 4 is 29.0 Å². The van der Waals surface area contributed by atoms with E-state index in [4.69, 9.17) is 16.3 Å². The molecule has 0 aliphatic carbocycles. The van der Waals surface area contributed by atoms with Gasteiger partial charge in [-0.3, -0.25) is 4.79 Å². The summed E-state index contributed by atoms with van der Waals surface area (Å²) in [6.07, 6.45) is 1.57. The van der Waals surface area contributed by atoms with Crippen LogP contribution in [0.4, 0.5) is 11.5 Å². The van der Waals surface area contributed by atoms with Crippen molar-refractivity contribution in [1.29, 1.82) is 0 Å². The fraction of sp³-hybridized carbons (Fsp3) is 0.190. The van der Waals surface area contributed by atoms with Crippen LogP contribution in [-0.4, -0.2) is 42.2 Å². The molecule has 1 amide bonds. The molecule has 0 bridgehead atoms. The van der Waals surface area contributed by atoms with Gasteiger partial charge in [-0.2, -0.15) is 0 Å². The van der Waals surface area contributed by atoms with Gasteiger partial charge in [-0.25, -0.2) is 9.97 Å². The Balaban J connectivity index is 1.49. The number of rotatable bonds is 4. The Bertz CT molecular complexity index is 972. The fourth-order valence-electron chi connectivity index (χ4n) is 3.03. The molecule has 0 saturated carbocycles. The summed E-state index contributed by atoms with van der Waals surface area (Å²) in [4.78, 5) is 23.4. The van der Waals surface area contributed by atoms with E-state index in [0.717, 1.165) is 30.2 Å². The maximum absolute atomic E-state index is 12.4. The van der Waals surface area contributed by atoms with Crippen LogP contribution < -0.4 is 10.2 Å². The molecule has 2 heterocycles. The zero-order valence-corrected chi connectivity index (χ0v) is 15.9. The van der Waals surface area contributed by atoms with Gasteiger partial charge in [-0.05, 0) is 30.3 Å². The van der Waals surface area contributed by atoms with Crippen LogP contribution in [0.25, 0.3) is 11.3 Å². The maximum Gasteiger partial charge on any atom is 0.255 e. The first kappa shape index (κ1) is 18.4. The van der Waals surface area contributed by atoms with Crippen LogP contribution in [0.3, 0.4) is 0 Å². The molecule has 28 heavy (non-hydrogen) atoms. The van der Waals surface area contributed by atoms with Crippen molar-refractivity contribution in [3.8, 4) is 11.3 Å². The minimum Gasteiger partial charge on any atom is -0.378 e. The van der Waals surface area contributed by atoms with Crippen LogP contribution in [0, 0.1) is 0 Å². The van der Waals surface area contributed by atoms with E-state index in [-0.39, 0.29) is 5.91 Å². The molecule has 7 heteroatoms. The van der Waals surface area contributed by atoms with Crippen LogP contribution in [-0.2, 0) is 4.74 Å². The molecule has 1 N–H and O–H groups in total. The third kappa shape index (κ3) is 4.30. The van der Waals surface area contributed by atoms with Crippen molar-refractivity contribution in [2.45, 2.75) is 0 Å². The highest BCUT2D eigenvalue weighted by Gasteiger charge is 2.14. The Morgan fingerprint density at radius 2 is 1.82 bits per heavy atom. The lowest BCUT2D eigenvalue weighted by Gasteiger charge is -2.27. The molecule has 142 valence electrons. The zero-order chi connectivity index (χ0) is 19.3. The van der Waals surface area contributed by atoms with Crippen molar-refractivity contribution in [3.05, 3.63) is 71.5 Å². The molecule has 0 unspecified atom stereocenters. The minimum absolute atomic E-state index is 0.189. The first-order valence-electron chi connectivity index (χ1n) is 9.01. The topological polar surface area (TPSA) is 67.4 Å². The summed E-state index contributed by atoms with van der Waals surface area (Å²) in [5.41, 5.74) is 2.97. The van der Waals surface area contributed by atoms with Gasteiger partial charge in [0.15, 0.2) is 0 Å². The summed E-state index contributed by atoms with van der Waals surface area (Å²) in [7, 11) is 0. The number of anilines is 2.